The molecule has 0 fully saturated rings. The van der Waals surface area contributed by atoms with E-state index in [9.17, 15) is 9.59 Å². The van der Waals surface area contributed by atoms with E-state index in [0.29, 0.717) is 27.8 Å². The monoisotopic (exact) mass is 409 g/mol. The van der Waals surface area contributed by atoms with Crippen molar-refractivity contribution >= 4 is 46.8 Å². The molecule has 142 valence electrons. The number of hydrogen-bond acceptors (Lipinski definition) is 5. The molecule has 0 saturated carbocycles. The maximum atomic E-state index is 11.9. The van der Waals surface area contributed by atoms with Gasteiger partial charge in [0, 0.05) is 17.7 Å². The predicted octanol–water partition coefficient (Wildman–Crippen LogP) is 4.21. The van der Waals surface area contributed by atoms with Gasteiger partial charge in [-0.3, -0.25) is 4.79 Å². The van der Waals surface area contributed by atoms with Crippen LogP contribution >= 0.6 is 23.2 Å². The summed E-state index contributed by atoms with van der Waals surface area (Å²) in [6.45, 7) is -0.467. The maximum absolute atomic E-state index is 11.9. The van der Waals surface area contributed by atoms with Crippen LogP contribution in [0.4, 0.5) is 5.69 Å². The van der Waals surface area contributed by atoms with Crippen LogP contribution in [0.2, 0.25) is 10.0 Å². The van der Waals surface area contributed by atoms with Crippen LogP contribution in [-0.2, 0) is 14.3 Å². The Bertz CT molecular complexity index is 867. The zero-order chi connectivity index (χ0) is 19.8. The minimum atomic E-state index is -0.680. The fourth-order valence-electron chi connectivity index (χ4n) is 2.09. The topological polar surface area (TPSA) is 73.9 Å². The molecule has 8 heteroatoms. The molecule has 0 unspecified atom stereocenters. The van der Waals surface area contributed by atoms with E-state index in [1.165, 1.54) is 19.3 Å². The normalized spacial score (nSPS) is 10.5. The van der Waals surface area contributed by atoms with Crippen molar-refractivity contribution in [2.45, 2.75) is 0 Å². The summed E-state index contributed by atoms with van der Waals surface area (Å²) < 4.78 is 15.3. The summed E-state index contributed by atoms with van der Waals surface area (Å²) >= 11 is 11.9. The molecule has 0 bridgehead atoms. The molecule has 0 aromatic heterocycles. The molecule has 27 heavy (non-hydrogen) atoms. The lowest BCUT2D eigenvalue weighted by Crippen LogP contribution is -2.20. The summed E-state index contributed by atoms with van der Waals surface area (Å²) in [6, 6.07) is 9.97. The predicted molar refractivity (Wildman–Crippen MR) is 105 cm³/mol. The molecule has 2 aromatic carbocycles. The van der Waals surface area contributed by atoms with Crippen molar-refractivity contribution in [1.82, 2.24) is 0 Å². The van der Waals surface area contributed by atoms with Crippen molar-refractivity contribution in [2.24, 2.45) is 0 Å². The van der Waals surface area contributed by atoms with Gasteiger partial charge < -0.3 is 19.5 Å². The smallest absolute Gasteiger partial charge is 0.331 e. The molecule has 1 amide bonds. The van der Waals surface area contributed by atoms with Crippen LogP contribution in [0, 0.1) is 0 Å². The van der Waals surface area contributed by atoms with Crippen LogP contribution < -0.4 is 14.8 Å². The fraction of sp³-hybridized carbons (Fsp3) is 0.158. The Morgan fingerprint density at radius 2 is 1.89 bits per heavy atom. The minimum Gasteiger partial charge on any atom is -0.497 e. The number of amides is 1. The molecule has 6 nitrogen and oxygen atoms in total. The second-order valence-electron chi connectivity index (χ2n) is 5.20. The molecule has 0 saturated heterocycles. The van der Waals surface area contributed by atoms with Crippen molar-refractivity contribution in [2.75, 3.05) is 26.1 Å². The Morgan fingerprint density at radius 1 is 1.11 bits per heavy atom. The molecular formula is C19H17Cl2NO5. The molecule has 2 rings (SSSR count). The Kier molecular flexibility index (Phi) is 7.52. The Balaban J connectivity index is 1.91. The van der Waals surface area contributed by atoms with E-state index in [1.807, 2.05) is 0 Å². The molecule has 0 radical (unpaired) electrons. The van der Waals surface area contributed by atoms with Gasteiger partial charge in [0.25, 0.3) is 5.91 Å². The molecular weight excluding hydrogens is 393 g/mol. The molecule has 0 aliphatic carbocycles. The van der Waals surface area contributed by atoms with Crippen LogP contribution in [0.3, 0.4) is 0 Å². The van der Waals surface area contributed by atoms with Gasteiger partial charge in [0.05, 0.1) is 30.0 Å². The second-order valence-corrected chi connectivity index (χ2v) is 5.98. The van der Waals surface area contributed by atoms with Crippen molar-refractivity contribution in [3.63, 3.8) is 0 Å². The lowest BCUT2D eigenvalue weighted by molar-refractivity contribution is -0.142. The number of carbonyl (C=O) groups is 2. The summed E-state index contributed by atoms with van der Waals surface area (Å²) in [5.74, 6) is -0.0576. The summed E-state index contributed by atoms with van der Waals surface area (Å²) in [5, 5.41) is 3.04. The van der Waals surface area contributed by atoms with Gasteiger partial charge in [-0.2, -0.15) is 0 Å². The van der Waals surface area contributed by atoms with E-state index in [2.05, 4.69) is 5.32 Å². The summed E-state index contributed by atoms with van der Waals surface area (Å²) in [7, 11) is 3.05. The zero-order valence-electron chi connectivity index (χ0n) is 14.6. The van der Waals surface area contributed by atoms with Gasteiger partial charge in [-0.1, -0.05) is 29.3 Å². The first kappa shape index (κ1) is 20.6. The van der Waals surface area contributed by atoms with Crippen LogP contribution in [-0.4, -0.2) is 32.7 Å². The third kappa shape index (κ3) is 5.91. The maximum Gasteiger partial charge on any atom is 0.331 e. The Hall–Kier alpha value is -2.70. The molecule has 1 N–H and O–H groups in total. The highest BCUT2D eigenvalue weighted by Crippen LogP contribution is 2.29. The SMILES string of the molecule is COc1ccc(/C=C/C(=O)OCC(=O)Nc2cccc(Cl)c2Cl)c(OC)c1. The Morgan fingerprint density at radius 3 is 2.59 bits per heavy atom. The lowest BCUT2D eigenvalue weighted by atomic mass is 10.2. The molecule has 0 aliphatic rings. The third-order valence-electron chi connectivity index (χ3n) is 3.41. The first-order chi connectivity index (χ1) is 12.9. The van der Waals surface area contributed by atoms with Gasteiger partial charge in [0.2, 0.25) is 0 Å². The zero-order valence-corrected chi connectivity index (χ0v) is 16.1. The molecule has 2 aromatic rings. The van der Waals surface area contributed by atoms with E-state index in [1.54, 1.807) is 43.5 Å². The van der Waals surface area contributed by atoms with Crippen LogP contribution in [0.1, 0.15) is 5.56 Å². The van der Waals surface area contributed by atoms with E-state index in [0.717, 1.165) is 0 Å². The molecule has 0 atom stereocenters. The highest BCUT2D eigenvalue weighted by molar-refractivity contribution is 6.44. The van der Waals surface area contributed by atoms with Gasteiger partial charge in [-0.05, 0) is 30.3 Å². The van der Waals surface area contributed by atoms with E-state index < -0.39 is 18.5 Å². The highest BCUT2D eigenvalue weighted by atomic mass is 35.5. The lowest BCUT2D eigenvalue weighted by Gasteiger charge is -2.08. The van der Waals surface area contributed by atoms with Crippen molar-refractivity contribution in [3.8, 4) is 11.5 Å². The fourth-order valence-corrected chi connectivity index (χ4v) is 2.43. The number of benzene rings is 2. The highest BCUT2D eigenvalue weighted by Gasteiger charge is 2.10. The molecule has 0 spiro atoms. The number of esters is 1. The number of carbonyl (C=O) groups excluding carboxylic acids is 2. The number of hydrogen-bond donors (Lipinski definition) is 1. The van der Waals surface area contributed by atoms with Crippen molar-refractivity contribution in [3.05, 3.63) is 58.1 Å². The van der Waals surface area contributed by atoms with E-state index in [-0.39, 0.29) is 5.02 Å². The number of halogens is 2. The quantitative estimate of drug-likeness (QED) is 0.547. The number of rotatable bonds is 7. The van der Waals surface area contributed by atoms with Gasteiger partial charge in [-0.25, -0.2) is 4.79 Å². The Labute approximate surface area is 166 Å². The van der Waals surface area contributed by atoms with Crippen LogP contribution in [0.5, 0.6) is 11.5 Å². The standard InChI is InChI=1S/C19H17Cl2NO5/c1-25-13-8-6-12(16(10-13)26-2)7-9-18(24)27-11-17(23)22-15-5-3-4-14(20)19(15)21/h3-10H,11H2,1-2H3,(H,22,23)/b9-7+. The minimum absolute atomic E-state index is 0.213. The average molecular weight is 410 g/mol. The number of ether oxygens (including phenoxy) is 3. The average Bonchev–Trinajstić information content (AvgIpc) is 2.68. The first-order valence-electron chi connectivity index (χ1n) is 7.75. The second kappa shape index (κ2) is 9.85. The van der Waals surface area contributed by atoms with E-state index in [4.69, 9.17) is 37.4 Å². The van der Waals surface area contributed by atoms with Gasteiger partial charge in [0.1, 0.15) is 11.5 Å². The van der Waals surface area contributed by atoms with Crippen molar-refractivity contribution < 1.29 is 23.8 Å². The van der Waals surface area contributed by atoms with Crippen LogP contribution in [0.25, 0.3) is 6.08 Å². The number of anilines is 1. The van der Waals surface area contributed by atoms with Gasteiger partial charge >= 0.3 is 5.97 Å². The van der Waals surface area contributed by atoms with E-state index >= 15 is 0 Å². The summed E-state index contributed by atoms with van der Waals surface area (Å²) in [5.41, 5.74) is 0.995. The molecule has 0 heterocycles. The van der Waals surface area contributed by atoms with Gasteiger partial charge in [0.15, 0.2) is 6.61 Å². The number of nitrogens with one attached hydrogen (secondary N) is 1. The van der Waals surface area contributed by atoms with Crippen molar-refractivity contribution in [1.29, 1.82) is 0 Å². The van der Waals surface area contributed by atoms with Crippen LogP contribution in [0.15, 0.2) is 42.5 Å². The molecule has 0 aliphatic heterocycles. The van der Waals surface area contributed by atoms with Gasteiger partial charge in [-0.15, -0.1) is 0 Å². The summed E-state index contributed by atoms with van der Waals surface area (Å²) in [6.07, 6.45) is 2.72. The largest absolute Gasteiger partial charge is 0.497 e. The summed E-state index contributed by atoms with van der Waals surface area (Å²) in [4.78, 5) is 23.7. The number of methoxy groups -OCH3 is 2. The third-order valence-corrected chi connectivity index (χ3v) is 4.23. The first-order valence-corrected chi connectivity index (χ1v) is 8.51.